The molecule has 1 fully saturated rings. The van der Waals surface area contributed by atoms with Crippen LogP contribution in [0.15, 0.2) is 0 Å². The van der Waals surface area contributed by atoms with Crippen LogP contribution in [0.4, 0.5) is 22.0 Å². The standard InChI is InChI=1S/C6H11F2NO.C2HF3O2/c7-6(8)3-1-2-4(10)5(6)9;3-2(4,5)1(6)7/h4-5,10H,1-3,9H2;(H,6,7)/t4-,5+;/m1./s1. The van der Waals surface area contributed by atoms with Crippen molar-refractivity contribution in [2.75, 3.05) is 0 Å². The Bertz CT molecular complexity index is 268. The summed E-state index contributed by atoms with van der Waals surface area (Å²) in [6.07, 6.45) is -5.53. The second-order valence-corrected chi connectivity index (χ2v) is 3.55. The van der Waals surface area contributed by atoms with Crippen molar-refractivity contribution in [2.45, 2.75) is 43.5 Å². The Morgan fingerprint density at radius 2 is 1.76 bits per heavy atom. The van der Waals surface area contributed by atoms with Gasteiger partial charge in [0.2, 0.25) is 0 Å². The molecular weight excluding hydrogens is 253 g/mol. The minimum Gasteiger partial charge on any atom is -0.475 e. The van der Waals surface area contributed by atoms with E-state index in [0.29, 0.717) is 12.8 Å². The predicted octanol–water partition coefficient (Wildman–Crippen LogP) is 1.13. The summed E-state index contributed by atoms with van der Waals surface area (Å²) in [5.41, 5.74) is 5.06. The minimum absolute atomic E-state index is 0.189. The van der Waals surface area contributed by atoms with Crippen LogP contribution in [-0.4, -0.2) is 40.4 Å². The van der Waals surface area contributed by atoms with Crippen LogP contribution in [0.2, 0.25) is 0 Å². The number of carboxylic acids is 1. The maximum atomic E-state index is 12.6. The van der Waals surface area contributed by atoms with Crippen molar-refractivity contribution in [3.05, 3.63) is 0 Å². The van der Waals surface area contributed by atoms with Gasteiger partial charge in [0.15, 0.2) is 0 Å². The van der Waals surface area contributed by atoms with Crippen molar-refractivity contribution in [3.8, 4) is 0 Å². The largest absolute Gasteiger partial charge is 0.490 e. The van der Waals surface area contributed by atoms with Crippen LogP contribution >= 0.6 is 0 Å². The second-order valence-electron chi connectivity index (χ2n) is 3.55. The lowest BCUT2D eigenvalue weighted by Crippen LogP contribution is -2.52. The number of aliphatic hydroxyl groups excluding tert-OH is 1. The molecule has 0 saturated heterocycles. The minimum atomic E-state index is -5.08. The second kappa shape index (κ2) is 5.58. The van der Waals surface area contributed by atoms with Crippen LogP contribution in [-0.2, 0) is 4.79 Å². The normalized spacial score (nSPS) is 27.9. The number of aliphatic hydroxyl groups is 1. The molecule has 0 radical (unpaired) electrons. The van der Waals surface area contributed by atoms with Crippen molar-refractivity contribution in [1.29, 1.82) is 0 Å². The van der Waals surface area contributed by atoms with Gasteiger partial charge in [0.1, 0.15) is 0 Å². The first-order valence-corrected chi connectivity index (χ1v) is 4.60. The van der Waals surface area contributed by atoms with Gasteiger partial charge in [-0.05, 0) is 12.8 Å². The Kier molecular flexibility index (Phi) is 5.27. The van der Waals surface area contributed by atoms with Crippen molar-refractivity contribution in [1.82, 2.24) is 0 Å². The summed E-state index contributed by atoms with van der Waals surface area (Å²) in [5.74, 6) is -5.62. The first-order chi connectivity index (χ1) is 7.48. The summed E-state index contributed by atoms with van der Waals surface area (Å²) in [4.78, 5) is 8.90. The van der Waals surface area contributed by atoms with Gasteiger partial charge in [0, 0.05) is 6.42 Å². The van der Waals surface area contributed by atoms with Crippen LogP contribution in [0, 0.1) is 0 Å². The molecule has 0 amide bonds. The fourth-order valence-corrected chi connectivity index (χ4v) is 1.17. The highest BCUT2D eigenvalue weighted by molar-refractivity contribution is 5.73. The number of alkyl halides is 5. The van der Waals surface area contributed by atoms with Gasteiger partial charge < -0.3 is 15.9 Å². The Hall–Kier alpha value is -0.960. The fraction of sp³-hybridized carbons (Fsp3) is 0.875. The molecule has 1 aliphatic rings. The number of halogens is 5. The highest BCUT2D eigenvalue weighted by Crippen LogP contribution is 2.32. The third kappa shape index (κ3) is 5.26. The van der Waals surface area contributed by atoms with Gasteiger partial charge >= 0.3 is 12.1 Å². The number of carboxylic acid groups (broad SMARTS) is 1. The number of aliphatic carboxylic acids is 1. The average molecular weight is 265 g/mol. The molecule has 0 aromatic heterocycles. The van der Waals surface area contributed by atoms with E-state index in [1.807, 2.05) is 0 Å². The zero-order chi connectivity index (χ0) is 13.9. The number of nitrogens with two attached hydrogens (primary N) is 1. The van der Waals surface area contributed by atoms with E-state index in [2.05, 4.69) is 0 Å². The van der Waals surface area contributed by atoms with Crippen molar-refractivity contribution in [2.24, 2.45) is 5.73 Å². The van der Waals surface area contributed by atoms with E-state index in [-0.39, 0.29) is 6.42 Å². The molecule has 9 heteroatoms. The molecule has 0 unspecified atom stereocenters. The smallest absolute Gasteiger partial charge is 0.475 e. The topological polar surface area (TPSA) is 83.5 Å². The molecule has 0 bridgehead atoms. The van der Waals surface area contributed by atoms with Crippen LogP contribution in [0.5, 0.6) is 0 Å². The Balaban J connectivity index is 0.000000325. The lowest BCUT2D eigenvalue weighted by atomic mass is 9.90. The SMILES string of the molecule is N[C@H]1[C@H](O)CCCC1(F)F.O=C(O)C(F)(F)F. The lowest BCUT2D eigenvalue weighted by molar-refractivity contribution is -0.192. The third-order valence-corrected chi connectivity index (χ3v) is 2.15. The van der Waals surface area contributed by atoms with Crippen LogP contribution in [0.3, 0.4) is 0 Å². The van der Waals surface area contributed by atoms with Crippen molar-refractivity contribution < 1.29 is 37.0 Å². The van der Waals surface area contributed by atoms with Crippen molar-refractivity contribution in [3.63, 3.8) is 0 Å². The highest BCUT2D eigenvalue weighted by atomic mass is 19.4. The van der Waals surface area contributed by atoms with Gasteiger partial charge in [0.05, 0.1) is 12.1 Å². The number of hydrogen-bond donors (Lipinski definition) is 3. The summed E-state index contributed by atoms with van der Waals surface area (Å²) < 4.78 is 56.9. The van der Waals surface area contributed by atoms with Gasteiger partial charge in [-0.15, -0.1) is 0 Å². The third-order valence-electron chi connectivity index (χ3n) is 2.15. The molecule has 0 aromatic rings. The van der Waals surface area contributed by atoms with E-state index in [4.69, 9.17) is 20.7 Å². The zero-order valence-electron chi connectivity index (χ0n) is 8.55. The van der Waals surface area contributed by atoms with E-state index >= 15 is 0 Å². The molecule has 4 nitrogen and oxygen atoms in total. The van der Waals surface area contributed by atoms with E-state index in [0.717, 1.165) is 0 Å². The lowest BCUT2D eigenvalue weighted by Gasteiger charge is -2.32. The van der Waals surface area contributed by atoms with E-state index in [1.165, 1.54) is 0 Å². The molecule has 0 aromatic carbocycles. The molecule has 1 rings (SSSR count). The molecule has 0 heterocycles. The molecular formula is C8H12F5NO3. The Morgan fingerprint density at radius 3 is 2.00 bits per heavy atom. The van der Waals surface area contributed by atoms with Gasteiger partial charge in [-0.1, -0.05) is 0 Å². The summed E-state index contributed by atoms with van der Waals surface area (Å²) in [6.45, 7) is 0. The number of rotatable bonds is 0. The Morgan fingerprint density at radius 1 is 1.35 bits per heavy atom. The Labute approximate surface area is 93.2 Å². The molecule has 0 aliphatic heterocycles. The fourth-order valence-electron chi connectivity index (χ4n) is 1.17. The molecule has 1 aliphatic carbocycles. The van der Waals surface area contributed by atoms with Gasteiger partial charge in [0.25, 0.3) is 5.92 Å². The maximum absolute atomic E-state index is 12.6. The predicted molar refractivity (Wildman–Crippen MR) is 46.5 cm³/mol. The molecule has 0 spiro atoms. The monoisotopic (exact) mass is 265 g/mol. The first-order valence-electron chi connectivity index (χ1n) is 4.60. The maximum Gasteiger partial charge on any atom is 0.490 e. The first kappa shape index (κ1) is 16.0. The molecule has 17 heavy (non-hydrogen) atoms. The van der Waals surface area contributed by atoms with E-state index in [9.17, 15) is 22.0 Å². The summed E-state index contributed by atoms with van der Waals surface area (Å²) >= 11 is 0. The van der Waals surface area contributed by atoms with E-state index in [1.54, 1.807) is 0 Å². The van der Waals surface area contributed by atoms with Gasteiger partial charge in [-0.2, -0.15) is 13.2 Å². The molecule has 4 N–H and O–H groups in total. The number of hydrogen-bond acceptors (Lipinski definition) is 3. The summed E-state index contributed by atoms with van der Waals surface area (Å²) in [5, 5.41) is 16.0. The van der Waals surface area contributed by atoms with Crippen LogP contribution < -0.4 is 5.73 Å². The zero-order valence-corrected chi connectivity index (χ0v) is 8.55. The summed E-state index contributed by atoms with van der Waals surface area (Å²) in [7, 11) is 0. The highest BCUT2D eigenvalue weighted by Gasteiger charge is 2.43. The average Bonchev–Trinajstić information content (AvgIpc) is 2.13. The molecule has 1 saturated carbocycles. The molecule has 102 valence electrons. The van der Waals surface area contributed by atoms with Crippen LogP contribution in [0.1, 0.15) is 19.3 Å². The van der Waals surface area contributed by atoms with Crippen molar-refractivity contribution >= 4 is 5.97 Å². The quantitative estimate of drug-likeness (QED) is 0.573. The van der Waals surface area contributed by atoms with Gasteiger partial charge in [-0.3, -0.25) is 0 Å². The number of carbonyl (C=O) groups is 1. The van der Waals surface area contributed by atoms with E-state index < -0.39 is 30.2 Å². The van der Waals surface area contributed by atoms with Gasteiger partial charge in [-0.25, -0.2) is 13.6 Å². The van der Waals surface area contributed by atoms with Crippen LogP contribution in [0.25, 0.3) is 0 Å². The molecule has 2 atom stereocenters. The summed E-state index contributed by atoms with van der Waals surface area (Å²) in [6, 6.07) is -1.36.